The first-order valence-electron chi connectivity index (χ1n) is 8.35. The Morgan fingerprint density at radius 1 is 1.19 bits per heavy atom. The number of aryl methyl sites for hydroxylation is 1. The average Bonchev–Trinajstić information content (AvgIpc) is 2.68. The summed E-state index contributed by atoms with van der Waals surface area (Å²) in [4.78, 5) is 12.2. The highest BCUT2D eigenvalue weighted by Crippen LogP contribution is 2.27. The Hall–Kier alpha value is -3.33. The van der Waals surface area contributed by atoms with Crippen molar-refractivity contribution >= 4 is 12.0 Å². The van der Waals surface area contributed by atoms with Gasteiger partial charge in [0.05, 0.1) is 14.2 Å². The van der Waals surface area contributed by atoms with Crippen LogP contribution in [-0.4, -0.2) is 26.7 Å². The lowest BCUT2D eigenvalue weighted by atomic mass is 10.1. The Morgan fingerprint density at radius 2 is 1.93 bits per heavy atom. The van der Waals surface area contributed by atoms with Crippen LogP contribution in [0.3, 0.4) is 0 Å². The van der Waals surface area contributed by atoms with Crippen LogP contribution in [0.1, 0.15) is 16.7 Å². The number of halogens is 1. The smallest absolute Gasteiger partial charge is 0.261 e. The zero-order valence-electron chi connectivity index (χ0n) is 15.5. The van der Waals surface area contributed by atoms with Crippen LogP contribution in [-0.2, 0) is 11.2 Å². The van der Waals surface area contributed by atoms with Gasteiger partial charge in [0.25, 0.3) is 5.91 Å². The number of methoxy groups -OCH3 is 2. The lowest BCUT2D eigenvalue weighted by molar-refractivity contribution is -0.117. The molecule has 27 heavy (non-hydrogen) atoms. The molecule has 0 radical (unpaired) electrons. The number of hydrogen-bond acceptors (Lipinski definition) is 4. The molecule has 0 aliphatic carbocycles. The van der Waals surface area contributed by atoms with Crippen molar-refractivity contribution in [1.29, 1.82) is 5.26 Å². The number of nitriles is 1. The predicted molar refractivity (Wildman–Crippen MR) is 101 cm³/mol. The molecule has 0 saturated carbocycles. The molecule has 0 spiro atoms. The third kappa shape index (κ3) is 5.32. The number of hydrogen-bond donors (Lipinski definition) is 1. The minimum Gasteiger partial charge on any atom is -0.493 e. The van der Waals surface area contributed by atoms with E-state index in [1.165, 1.54) is 18.2 Å². The van der Waals surface area contributed by atoms with Gasteiger partial charge in [-0.3, -0.25) is 4.79 Å². The molecule has 6 heteroatoms. The largest absolute Gasteiger partial charge is 0.493 e. The maximum atomic E-state index is 13.3. The van der Waals surface area contributed by atoms with Gasteiger partial charge in [-0.25, -0.2) is 4.39 Å². The molecular weight excluding hydrogens is 347 g/mol. The third-order valence-corrected chi connectivity index (χ3v) is 4.01. The van der Waals surface area contributed by atoms with Crippen LogP contribution < -0.4 is 14.8 Å². The van der Waals surface area contributed by atoms with Crippen LogP contribution in [0.2, 0.25) is 0 Å². The van der Waals surface area contributed by atoms with Crippen molar-refractivity contribution in [3.8, 4) is 17.6 Å². The summed E-state index contributed by atoms with van der Waals surface area (Å²) in [6.45, 7) is 1.98. The highest BCUT2D eigenvalue weighted by molar-refractivity contribution is 6.01. The van der Waals surface area contributed by atoms with Crippen LogP contribution in [0.5, 0.6) is 11.5 Å². The van der Waals surface area contributed by atoms with E-state index < -0.39 is 5.91 Å². The van der Waals surface area contributed by atoms with Gasteiger partial charge >= 0.3 is 0 Å². The number of carbonyl (C=O) groups is 1. The molecule has 2 aromatic carbocycles. The van der Waals surface area contributed by atoms with Crippen LogP contribution in [0.4, 0.5) is 4.39 Å². The Balaban J connectivity index is 2.00. The molecular formula is C21H21FN2O3. The molecule has 1 amide bonds. The SMILES string of the molecule is COc1ccc(CCNC(=O)/C(C#N)=C\c2ccc(F)c(C)c2)cc1OC. The Bertz CT molecular complexity index is 901. The number of nitrogens with zero attached hydrogens (tertiary/aromatic N) is 1. The maximum absolute atomic E-state index is 13.3. The molecule has 1 N–H and O–H groups in total. The second-order valence-corrected chi connectivity index (χ2v) is 5.87. The highest BCUT2D eigenvalue weighted by Gasteiger charge is 2.10. The Labute approximate surface area is 158 Å². The molecule has 0 bridgehead atoms. The van der Waals surface area contributed by atoms with E-state index in [-0.39, 0.29) is 11.4 Å². The van der Waals surface area contributed by atoms with Crippen molar-refractivity contribution in [3.05, 3.63) is 64.5 Å². The maximum Gasteiger partial charge on any atom is 0.261 e. The first kappa shape index (κ1) is 20.0. The molecule has 0 aliphatic rings. The molecule has 140 valence electrons. The molecule has 0 heterocycles. The molecule has 0 saturated heterocycles. The number of amides is 1. The predicted octanol–water partition coefficient (Wildman–Crippen LogP) is 3.42. The minimum absolute atomic E-state index is 0.0340. The van der Waals surface area contributed by atoms with E-state index in [9.17, 15) is 14.4 Å². The lowest BCUT2D eigenvalue weighted by Crippen LogP contribution is -2.26. The van der Waals surface area contributed by atoms with Crippen molar-refractivity contribution in [3.63, 3.8) is 0 Å². The molecule has 0 aromatic heterocycles. The fraction of sp³-hybridized carbons (Fsp3) is 0.238. The van der Waals surface area contributed by atoms with E-state index in [0.29, 0.717) is 35.6 Å². The van der Waals surface area contributed by atoms with Crippen molar-refractivity contribution in [1.82, 2.24) is 5.32 Å². The van der Waals surface area contributed by atoms with Gasteiger partial charge in [-0.1, -0.05) is 12.1 Å². The Kier molecular flexibility index (Phi) is 6.95. The van der Waals surface area contributed by atoms with Gasteiger partial charge in [0.15, 0.2) is 11.5 Å². The van der Waals surface area contributed by atoms with E-state index in [1.807, 2.05) is 18.2 Å². The minimum atomic E-state index is -0.472. The summed E-state index contributed by atoms with van der Waals surface area (Å²) in [5.41, 5.74) is 1.98. The second-order valence-electron chi connectivity index (χ2n) is 5.87. The molecule has 0 fully saturated rings. The first-order chi connectivity index (χ1) is 13.0. The molecule has 0 aliphatic heterocycles. The molecule has 0 atom stereocenters. The van der Waals surface area contributed by atoms with Gasteiger partial charge in [-0.05, 0) is 60.4 Å². The van der Waals surface area contributed by atoms with E-state index >= 15 is 0 Å². The normalized spacial score (nSPS) is 10.9. The van der Waals surface area contributed by atoms with Gasteiger partial charge < -0.3 is 14.8 Å². The summed E-state index contributed by atoms with van der Waals surface area (Å²) in [5, 5.41) is 12.0. The van der Waals surface area contributed by atoms with Crippen molar-refractivity contribution in [2.45, 2.75) is 13.3 Å². The van der Waals surface area contributed by atoms with Crippen molar-refractivity contribution in [2.75, 3.05) is 20.8 Å². The third-order valence-electron chi connectivity index (χ3n) is 4.01. The second kappa shape index (κ2) is 9.39. The van der Waals surface area contributed by atoms with Crippen molar-refractivity contribution in [2.24, 2.45) is 0 Å². The summed E-state index contributed by atoms with van der Waals surface area (Å²) in [7, 11) is 3.13. The molecule has 2 rings (SSSR count). The number of rotatable bonds is 7. The summed E-state index contributed by atoms with van der Waals surface area (Å²) in [5.74, 6) is 0.449. The molecule has 0 unspecified atom stereocenters. The summed E-state index contributed by atoms with van der Waals surface area (Å²) in [6.07, 6.45) is 2.01. The van der Waals surface area contributed by atoms with Crippen LogP contribution in [0.25, 0.3) is 6.08 Å². The lowest BCUT2D eigenvalue weighted by Gasteiger charge is -2.10. The van der Waals surface area contributed by atoms with E-state index in [4.69, 9.17) is 9.47 Å². The van der Waals surface area contributed by atoms with Crippen LogP contribution in [0, 0.1) is 24.1 Å². The number of benzene rings is 2. The van der Waals surface area contributed by atoms with Crippen LogP contribution >= 0.6 is 0 Å². The number of nitrogens with one attached hydrogen (secondary N) is 1. The van der Waals surface area contributed by atoms with Gasteiger partial charge in [0.2, 0.25) is 0 Å². The van der Waals surface area contributed by atoms with Gasteiger partial charge in [-0.2, -0.15) is 5.26 Å². The Morgan fingerprint density at radius 3 is 2.56 bits per heavy atom. The topological polar surface area (TPSA) is 71.3 Å². The van der Waals surface area contributed by atoms with Gasteiger partial charge in [-0.15, -0.1) is 0 Å². The quantitative estimate of drug-likeness (QED) is 0.600. The zero-order chi connectivity index (χ0) is 19.8. The standard InChI is InChI=1S/C21H21FN2O3/c1-14-10-16(4-6-18(14)22)11-17(13-23)21(25)24-9-8-15-5-7-19(26-2)20(12-15)27-3/h4-7,10-12H,8-9H2,1-3H3,(H,24,25)/b17-11-. The molecule has 2 aromatic rings. The summed E-state index contributed by atoms with van der Waals surface area (Å²) in [6, 6.07) is 11.8. The van der Waals surface area contributed by atoms with Crippen LogP contribution in [0.15, 0.2) is 42.0 Å². The van der Waals surface area contributed by atoms with E-state index in [0.717, 1.165) is 5.56 Å². The monoisotopic (exact) mass is 368 g/mol. The van der Waals surface area contributed by atoms with Crippen molar-refractivity contribution < 1.29 is 18.7 Å². The fourth-order valence-corrected chi connectivity index (χ4v) is 2.52. The first-order valence-corrected chi connectivity index (χ1v) is 8.35. The van der Waals surface area contributed by atoms with Gasteiger partial charge in [0, 0.05) is 6.54 Å². The average molecular weight is 368 g/mol. The number of ether oxygens (including phenoxy) is 2. The fourth-order valence-electron chi connectivity index (χ4n) is 2.52. The molecule has 5 nitrogen and oxygen atoms in total. The van der Waals surface area contributed by atoms with Gasteiger partial charge in [0.1, 0.15) is 17.5 Å². The summed E-state index contributed by atoms with van der Waals surface area (Å²) >= 11 is 0. The zero-order valence-corrected chi connectivity index (χ0v) is 15.5. The van der Waals surface area contributed by atoms with E-state index in [2.05, 4.69) is 5.32 Å². The number of carbonyl (C=O) groups excluding carboxylic acids is 1. The highest BCUT2D eigenvalue weighted by atomic mass is 19.1. The van der Waals surface area contributed by atoms with E-state index in [1.54, 1.807) is 33.3 Å². The summed E-state index contributed by atoms with van der Waals surface area (Å²) < 4.78 is 23.8.